The van der Waals surface area contributed by atoms with Crippen LogP contribution >= 0.6 is 0 Å². The number of alkyl halides is 3. The Morgan fingerprint density at radius 3 is 1.97 bits per heavy atom. The lowest BCUT2D eigenvalue weighted by Gasteiger charge is -2.27. The first-order valence-electron chi connectivity index (χ1n) is 12.0. The molecule has 3 aromatic rings. The number of ether oxygens (including phenoxy) is 2. The minimum Gasteiger partial charge on any atom is -0.486 e. The number of halogens is 3. The molecule has 184 valence electrons. The lowest BCUT2D eigenvalue weighted by atomic mass is 9.84. The van der Waals surface area contributed by atoms with E-state index in [0.29, 0.717) is 17.2 Å². The molecule has 0 amide bonds. The summed E-state index contributed by atoms with van der Waals surface area (Å²) in [4.78, 5) is 11.7. The highest BCUT2D eigenvalue weighted by Crippen LogP contribution is 2.36. The Bertz CT molecular complexity index is 1100. The van der Waals surface area contributed by atoms with Crippen molar-refractivity contribution in [3.63, 3.8) is 0 Å². The second kappa shape index (κ2) is 11.0. The Balaban J connectivity index is 1.53. The molecular formula is C29H29F3O3. The number of carbonyl (C=O) groups is 1. The van der Waals surface area contributed by atoms with Crippen molar-refractivity contribution in [2.45, 2.75) is 50.8 Å². The van der Waals surface area contributed by atoms with Gasteiger partial charge in [-0.05, 0) is 65.4 Å². The molecule has 1 unspecified atom stereocenters. The minimum atomic E-state index is -4.35. The monoisotopic (exact) mass is 482 g/mol. The molecule has 1 aliphatic rings. The second-order valence-electron chi connectivity index (χ2n) is 9.06. The highest BCUT2D eigenvalue weighted by Gasteiger charge is 2.30. The van der Waals surface area contributed by atoms with Crippen molar-refractivity contribution in [3.05, 3.63) is 89.5 Å². The normalized spacial score (nSPS) is 15.4. The van der Waals surface area contributed by atoms with Crippen molar-refractivity contribution < 1.29 is 27.4 Å². The second-order valence-corrected chi connectivity index (χ2v) is 9.06. The average molecular weight is 483 g/mol. The van der Waals surface area contributed by atoms with Crippen LogP contribution in [0.15, 0.2) is 72.8 Å². The van der Waals surface area contributed by atoms with E-state index < -0.39 is 17.7 Å². The highest BCUT2D eigenvalue weighted by molar-refractivity contribution is 5.89. The Morgan fingerprint density at radius 2 is 1.43 bits per heavy atom. The molecule has 0 saturated heterocycles. The molecule has 1 saturated carbocycles. The number of carbonyl (C=O) groups excluding carboxylic acids is 1. The smallest absolute Gasteiger partial charge is 0.416 e. The summed E-state index contributed by atoms with van der Waals surface area (Å²) in [5, 5.41) is 0. The van der Waals surface area contributed by atoms with Crippen LogP contribution in [0.4, 0.5) is 13.2 Å². The van der Waals surface area contributed by atoms with Gasteiger partial charge in [0.2, 0.25) is 0 Å². The van der Waals surface area contributed by atoms with E-state index in [4.69, 9.17) is 9.47 Å². The standard InChI is InChI=1S/C29H29F3O3/c1-34-28(33)24-13-17-26(18-14-24)35-27(19-20-5-3-2-4-6-20)23-9-7-21(8-10-23)22-11-15-25(16-12-22)29(30,31)32/h7-18,20,27H,2-6,19H2,1H3. The third-order valence-electron chi connectivity index (χ3n) is 6.65. The van der Waals surface area contributed by atoms with Crippen molar-refractivity contribution >= 4 is 5.97 Å². The van der Waals surface area contributed by atoms with Crippen LogP contribution in [0.1, 0.15) is 66.1 Å². The quantitative estimate of drug-likeness (QED) is 0.318. The summed E-state index contributed by atoms with van der Waals surface area (Å²) in [6.07, 6.45) is 2.49. The van der Waals surface area contributed by atoms with Gasteiger partial charge < -0.3 is 9.47 Å². The van der Waals surface area contributed by atoms with E-state index in [0.717, 1.165) is 35.2 Å². The number of hydrogen-bond donors (Lipinski definition) is 0. The highest BCUT2D eigenvalue weighted by atomic mass is 19.4. The van der Waals surface area contributed by atoms with Gasteiger partial charge in [-0.25, -0.2) is 4.79 Å². The fraction of sp³-hybridized carbons (Fsp3) is 0.345. The fourth-order valence-electron chi connectivity index (χ4n) is 4.67. The number of benzene rings is 3. The van der Waals surface area contributed by atoms with Crippen LogP contribution in [-0.4, -0.2) is 13.1 Å². The largest absolute Gasteiger partial charge is 0.486 e. The summed E-state index contributed by atoms with van der Waals surface area (Å²) < 4.78 is 49.8. The third kappa shape index (κ3) is 6.44. The van der Waals surface area contributed by atoms with Gasteiger partial charge in [-0.2, -0.15) is 13.2 Å². The maximum Gasteiger partial charge on any atom is 0.416 e. The van der Waals surface area contributed by atoms with Gasteiger partial charge >= 0.3 is 12.1 Å². The van der Waals surface area contributed by atoms with Crippen LogP contribution in [0, 0.1) is 5.92 Å². The Labute approximate surface area is 203 Å². The van der Waals surface area contributed by atoms with Gasteiger partial charge in [0.25, 0.3) is 0 Å². The van der Waals surface area contributed by atoms with E-state index >= 15 is 0 Å². The van der Waals surface area contributed by atoms with E-state index in [2.05, 4.69) is 0 Å². The first-order chi connectivity index (χ1) is 16.8. The third-order valence-corrected chi connectivity index (χ3v) is 6.65. The van der Waals surface area contributed by atoms with Gasteiger partial charge in [0, 0.05) is 0 Å². The van der Waals surface area contributed by atoms with Crippen molar-refractivity contribution in [1.82, 2.24) is 0 Å². The molecule has 0 bridgehead atoms. The molecular weight excluding hydrogens is 453 g/mol. The molecule has 6 heteroatoms. The number of rotatable bonds is 7. The van der Waals surface area contributed by atoms with Crippen molar-refractivity contribution in [3.8, 4) is 16.9 Å². The average Bonchev–Trinajstić information content (AvgIpc) is 2.88. The van der Waals surface area contributed by atoms with E-state index in [9.17, 15) is 18.0 Å². The lowest BCUT2D eigenvalue weighted by Crippen LogP contribution is -2.16. The van der Waals surface area contributed by atoms with Crippen LogP contribution in [0.5, 0.6) is 5.75 Å². The number of esters is 1. The molecule has 0 spiro atoms. The molecule has 4 rings (SSSR count). The molecule has 1 atom stereocenters. The maximum absolute atomic E-state index is 12.9. The van der Waals surface area contributed by atoms with Crippen molar-refractivity contribution in [2.24, 2.45) is 5.92 Å². The topological polar surface area (TPSA) is 35.5 Å². The summed E-state index contributed by atoms with van der Waals surface area (Å²) >= 11 is 0. The van der Waals surface area contributed by atoms with E-state index in [1.165, 1.54) is 51.3 Å². The molecule has 35 heavy (non-hydrogen) atoms. The number of hydrogen-bond acceptors (Lipinski definition) is 3. The zero-order valence-electron chi connectivity index (χ0n) is 19.7. The first-order valence-corrected chi connectivity index (χ1v) is 12.0. The number of methoxy groups -OCH3 is 1. The summed E-state index contributed by atoms with van der Waals surface area (Å²) in [6, 6.07) is 20.0. The zero-order chi connectivity index (χ0) is 24.8. The molecule has 3 aromatic carbocycles. The molecule has 0 N–H and O–H groups in total. The lowest BCUT2D eigenvalue weighted by molar-refractivity contribution is -0.137. The summed E-state index contributed by atoms with van der Waals surface area (Å²) in [7, 11) is 1.35. The van der Waals surface area contributed by atoms with E-state index in [1.54, 1.807) is 24.3 Å². The Morgan fingerprint density at radius 1 is 0.857 bits per heavy atom. The predicted octanol–water partition coefficient (Wildman–Crippen LogP) is 8.25. The SMILES string of the molecule is COC(=O)c1ccc(OC(CC2CCCCC2)c2ccc(-c3ccc(C(F)(F)F)cc3)cc2)cc1. The summed E-state index contributed by atoms with van der Waals surface area (Å²) in [5.41, 5.74) is 2.40. The van der Waals surface area contributed by atoms with Gasteiger partial charge in [-0.3, -0.25) is 0 Å². The van der Waals surface area contributed by atoms with Crippen molar-refractivity contribution in [2.75, 3.05) is 7.11 Å². The zero-order valence-corrected chi connectivity index (χ0v) is 19.7. The molecule has 1 aliphatic carbocycles. The van der Waals surface area contributed by atoms with Gasteiger partial charge in [0.05, 0.1) is 18.2 Å². The van der Waals surface area contributed by atoms with E-state index in [-0.39, 0.29) is 6.10 Å². The molecule has 0 aromatic heterocycles. The minimum absolute atomic E-state index is 0.163. The van der Waals surface area contributed by atoms with Crippen LogP contribution in [0.3, 0.4) is 0 Å². The molecule has 0 aliphatic heterocycles. The molecule has 0 radical (unpaired) electrons. The Hall–Kier alpha value is -3.28. The van der Waals surface area contributed by atoms with Gasteiger partial charge in [-0.1, -0.05) is 68.5 Å². The molecule has 0 heterocycles. The van der Waals surface area contributed by atoms with E-state index in [1.807, 2.05) is 24.3 Å². The summed E-state index contributed by atoms with van der Waals surface area (Å²) in [6.45, 7) is 0. The van der Waals surface area contributed by atoms with Crippen molar-refractivity contribution in [1.29, 1.82) is 0 Å². The predicted molar refractivity (Wildman–Crippen MR) is 129 cm³/mol. The molecule has 1 fully saturated rings. The van der Waals surface area contributed by atoms with Gasteiger partial charge in [0.1, 0.15) is 11.9 Å². The van der Waals surface area contributed by atoms with Crippen LogP contribution < -0.4 is 4.74 Å². The Kier molecular flexibility index (Phi) is 7.79. The maximum atomic E-state index is 12.9. The van der Waals surface area contributed by atoms with Crippen LogP contribution in [-0.2, 0) is 10.9 Å². The summed E-state index contributed by atoms with van der Waals surface area (Å²) in [5.74, 6) is 0.858. The van der Waals surface area contributed by atoms with Crippen LogP contribution in [0.2, 0.25) is 0 Å². The molecule has 3 nitrogen and oxygen atoms in total. The van der Waals surface area contributed by atoms with Gasteiger partial charge in [0.15, 0.2) is 0 Å². The first kappa shape index (κ1) is 24.8. The fourth-order valence-corrected chi connectivity index (χ4v) is 4.67. The van der Waals surface area contributed by atoms with Crippen LogP contribution in [0.25, 0.3) is 11.1 Å². The van der Waals surface area contributed by atoms with Gasteiger partial charge in [-0.15, -0.1) is 0 Å².